The quantitative estimate of drug-likeness (QED) is 0.420. The average Bonchev–Trinajstić information content (AvgIpc) is 2.78. The van der Waals surface area contributed by atoms with E-state index in [9.17, 15) is 9.59 Å². The lowest BCUT2D eigenvalue weighted by Gasteiger charge is -2.12. The Kier molecular flexibility index (Phi) is 9.15. The van der Waals surface area contributed by atoms with E-state index in [1.54, 1.807) is 36.4 Å². The highest BCUT2D eigenvalue weighted by atomic mass is 16.5. The third kappa shape index (κ3) is 7.22. The molecule has 0 saturated heterocycles. The van der Waals surface area contributed by atoms with Crippen LogP contribution in [-0.4, -0.2) is 46.0 Å². The summed E-state index contributed by atoms with van der Waals surface area (Å²) < 4.78 is 21.2. The van der Waals surface area contributed by atoms with E-state index in [1.807, 2.05) is 6.92 Å². The second-order valence-electron chi connectivity index (χ2n) is 6.26. The number of rotatable bonds is 11. The van der Waals surface area contributed by atoms with Gasteiger partial charge in [-0.2, -0.15) is 5.10 Å². The van der Waals surface area contributed by atoms with Gasteiger partial charge in [-0.3, -0.25) is 9.59 Å². The minimum atomic E-state index is -0.384. The number of carbonyl (C=O) groups is 2. The molecule has 0 radical (unpaired) electrons. The van der Waals surface area contributed by atoms with Crippen LogP contribution in [0.1, 0.15) is 25.3 Å². The first-order chi connectivity index (χ1) is 15.0. The highest BCUT2D eigenvalue weighted by molar-refractivity contribution is 5.93. The molecule has 0 bridgehead atoms. The van der Waals surface area contributed by atoms with Crippen molar-refractivity contribution in [3.8, 4) is 23.0 Å². The lowest BCUT2D eigenvalue weighted by Crippen LogP contribution is -2.20. The van der Waals surface area contributed by atoms with E-state index in [0.29, 0.717) is 35.1 Å². The zero-order valence-corrected chi connectivity index (χ0v) is 18.1. The van der Waals surface area contributed by atoms with Crippen LogP contribution in [0.2, 0.25) is 0 Å². The van der Waals surface area contributed by atoms with Crippen molar-refractivity contribution in [1.82, 2.24) is 5.43 Å². The van der Waals surface area contributed by atoms with Crippen molar-refractivity contribution < 1.29 is 28.5 Å². The molecule has 166 valence electrons. The van der Waals surface area contributed by atoms with Crippen molar-refractivity contribution in [1.29, 1.82) is 0 Å². The number of ether oxygens (including phenoxy) is 4. The van der Waals surface area contributed by atoms with Crippen LogP contribution in [0, 0.1) is 0 Å². The van der Waals surface area contributed by atoms with E-state index in [2.05, 4.69) is 15.8 Å². The summed E-state index contributed by atoms with van der Waals surface area (Å²) >= 11 is 0. The zero-order chi connectivity index (χ0) is 22.6. The lowest BCUT2D eigenvalue weighted by atomic mass is 10.2. The smallest absolute Gasteiger partial charge is 0.240 e. The second-order valence-corrected chi connectivity index (χ2v) is 6.26. The van der Waals surface area contributed by atoms with Crippen LogP contribution in [0.3, 0.4) is 0 Å². The lowest BCUT2D eigenvalue weighted by molar-refractivity contribution is -0.124. The predicted molar refractivity (Wildman–Crippen MR) is 117 cm³/mol. The number of carbonyl (C=O) groups excluding carboxylic acids is 2. The number of nitrogens with zero attached hydrogens (tertiary/aromatic N) is 1. The topological polar surface area (TPSA) is 107 Å². The van der Waals surface area contributed by atoms with Crippen molar-refractivity contribution in [3.63, 3.8) is 0 Å². The van der Waals surface area contributed by atoms with Gasteiger partial charge in [-0.25, -0.2) is 5.43 Å². The van der Waals surface area contributed by atoms with Gasteiger partial charge in [0.15, 0.2) is 11.5 Å². The van der Waals surface area contributed by atoms with Crippen LogP contribution in [0.25, 0.3) is 0 Å². The second kappa shape index (κ2) is 12.1. The van der Waals surface area contributed by atoms with Crippen molar-refractivity contribution in [2.45, 2.75) is 19.8 Å². The first-order valence-corrected chi connectivity index (χ1v) is 9.65. The van der Waals surface area contributed by atoms with Crippen LogP contribution in [0.4, 0.5) is 5.69 Å². The molecule has 2 rings (SSSR count). The summed E-state index contributed by atoms with van der Waals surface area (Å²) in [6.07, 6.45) is 1.47. The number of nitrogens with one attached hydrogen (secondary N) is 2. The molecule has 0 saturated carbocycles. The van der Waals surface area contributed by atoms with E-state index in [1.165, 1.54) is 27.5 Å². The van der Waals surface area contributed by atoms with Gasteiger partial charge < -0.3 is 24.3 Å². The van der Waals surface area contributed by atoms with Gasteiger partial charge in [0.05, 0.1) is 34.2 Å². The molecule has 0 spiro atoms. The SMILES string of the molecule is CCOc1ccc(NC(=O)CCC(=O)N/N=C/c2cc(OC)c(OC)c(OC)c2)cc1. The van der Waals surface area contributed by atoms with Crippen LogP contribution < -0.4 is 29.7 Å². The summed E-state index contributed by atoms with van der Waals surface area (Å²) in [5, 5.41) is 6.65. The maximum absolute atomic E-state index is 12.0. The molecule has 0 atom stereocenters. The number of amides is 2. The van der Waals surface area contributed by atoms with Crippen LogP contribution in [0.5, 0.6) is 23.0 Å². The monoisotopic (exact) mass is 429 g/mol. The van der Waals surface area contributed by atoms with Crippen LogP contribution in [-0.2, 0) is 9.59 Å². The third-order valence-electron chi connectivity index (χ3n) is 4.12. The van der Waals surface area contributed by atoms with Crippen molar-refractivity contribution in [2.75, 3.05) is 33.3 Å². The Labute approximate surface area is 181 Å². The maximum Gasteiger partial charge on any atom is 0.240 e. The summed E-state index contributed by atoms with van der Waals surface area (Å²) in [6.45, 7) is 2.47. The van der Waals surface area contributed by atoms with Gasteiger partial charge >= 0.3 is 0 Å². The van der Waals surface area contributed by atoms with Gasteiger partial charge in [0.1, 0.15) is 5.75 Å². The number of methoxy groups -OCH3 is 3. The summed E-state index contributed by atoms with van der Waals surface area (Å²) in [7, 11) is 4.54. The highest BCUT2D eigenvalue weighted by Gasteiger charge is 2.12. The molecule has 2 N–H and O–H groups in total. The summed E-state index contributed by atoms with van der Waals surface area (Å²) in [4.78, 5) is 24.0. The number of benzene rings is 2. The van der Waals surface area contributed by atoms with Gasteiger partial charge in [-0.1, -0.05) is 0 Å². The summed E-state index contributed by atoms with van der Waals surface area (Å²) in [5.74, 6) is 1.48. The molecule has 9 heteroatoms. The Morgan fingerprint density at radius 1 is 0.935 bits per heavy atom. The minimum Gasteiger partial charge on any atom is -0.494 e. The molecule has 2 aromatic rings. The van der Waals surface area contributed by atoms with E-state index in [0.717, 1.165) is 5.75 Å². The highest BCUT2D eigenvalue weighted by Crippen LogP contribution is 2.37. The molecule has 2 amide bonds. The number of hydrazone groups is 1. The zero-order valence-electron chi connectivity index (χ0n) is 18.1. The Bertz CT molecular complexity index is 887. The fourth-order valence-electron chi connectivity index (χ4n) is 2.66. The first-order valence-electron chi connectivity index (χ1n) is 9.65. The standard InChI is InChI=1S/C22H27N3O6/c1-5-31-17-8-6-16(7-9-17)24-20(26)10-11-21(27)25-23-14-15-12-18(28-2)22(30-4)19(13-15)29-3/h6-9,12-14H,5,10-11H2,1-4H3,(H,24,26)(H,25,27)/b23-14+. The van der Waals surface area contributed by atoms with Crippen LogP contribution in [0.15, 0.2) is 41.5 Å². The number of anilines is 1. The summed E-state index contributed by atoms with van der Waals surface area (Å²) in [6, 6.07) is 10.4. The van der Waals surface area contributed by atoms with Crippen LogP contribution >= 0.6 is 0 Å². The third-order valence-corrected chi connectivity index (χ3v) is 4.12. The minimum absolute atomic E-state index is 0.00451. The number of hydrogen-bond acceptors (Lipinski definition) is 7. The van der Waals surface area contributed by atoms with E-state index in [4.69, 9.17) is 18.9 Å². The van der Waals surface area contributed by atoms with Gasteiger partial charge in [-0.05, 0) is 43.3 Å². The summed E-state index contributed by atoms with van der Waals surface area (Å²) in [5.41, 5.74) is 3.67. The molecule has 9 nitrogen and oxygen atoms in total. The van der Waals surface area contributed by atoms with Gasteiger partial charge in [-0.15, -0.1) is 0 Å². The Hall–Kier alpha value is -3.75. The first kappa shape index (κ1) is 23.5. The molecule has 0 aliphatic rings. The molecule has 2 aromatic carbocycles. The van der Waals surface area contributed by atoms with E-state index in [-0.39, 0.29) is 24.7 Å². The molecule has 0 heterocycles. The van der Waals surface area contributed by atoms with Crippen molar-refractivity contribution >= 4 is 23.7 Å². The molecule has 0 fully saturated rings. The Morgan fingerprint density at radius 2 is 1.55 bits per heavy atom. The largest absolute Gasteiger partial charge is 0.494 e. The molecule has 0 unspecified atom stereocenters. The molecular weight excluding hydrogens is 402 g/mol. The van der Waals surface area contributed by atoms with Crippen molar-refractivity contribution in [2.24, 2.45) is 5.10 Å². The van der Waals surface area contributed by atoms with Gasteiger partial charge in [0.25, 0.3) is 0 Å². The molecule has 0 aromatic heterocycles. The van der Waals surface area contributed by atoms with E-state index < -0.39 is 0 Å². The van der Waals surface area contributed by atoms with Gasteiger partial charge in [0.2, 0.25) is 17.6 Å². The molecule has 0 aliphatic carbocycles. The maximum atomic E-state index is 12.0. The Morgan fingerprint density at radius 3 is 2.10 bits per heavy atom. The van der Waals surface area contributed by atoms with Crippen molar-refractivity contribution in [3.05, 3.63) is 42.0 Å². The predicted octanol–water partition coefficient (Wildman–Crippen LogP) is 2.98. The average molecular weight is 429 g/mol. The van der Waals surface area contributed by atoms with E-state index >= 15 is 0 Å². The molecular formula is C22H27N3O6. The fourth-order valence-corrected chi connectivity index (χ4v) is 2.66. The normalized spacial score (nSPS) is 10.5. The number of hydrogen-bond donors (Lipinski definition) is 2. The fraction of sp³-hybridized carbons (Fsp3) is 0.318. The molecule has 0 aliphatic heterocycles. The molecule has 31 heavy (non-hydrogen) atoms. The Balaban J connectivity index is 1.83. The van der Waals surface area contributed by atoms with Gasteiger partial charge in [0, 0.05) is 24.1 Å².